The van der Waals surface area contributed by atoms with E-state index in [0.717, 1.165) is 0 Å². The van der Waals surface area contributed by atoms with Crippen LogP contribution in [0.25, 0.3) is 6.08 Å². The van der Waals surface area contributed by atoms with Gasteiger partial charge < -0.3 is 0 Å². The quantitative estimate of drug-likeness (QED) is 0.543. The van der Waals surface area contributed by atoms with Crippen LogP contribution in [0.5, 0.6) is 0 Å². The van der Waals surface area contributed by atoms with E-state index in [0.29, 0.717) is 22.1 Å². The van der Waals surface area contributed by atoms with E-state index in [1.807, 2.05) is 0 Å². The number of benzene rings is 3. The number of anilines is 1. The third-order valence-corrected chi connectivity index (χ3v) is 4.59. The number of hydrogen-bond acceptors (Lipinski definition) is 2. The van der Waals surface area contributed by atoms with Crippen molar-refractivity contribution in [3.63, 3.8) is 0 Å². The Bertz CT molecular complexity index is 1120. The molecule has 0 atom stereocenters. The van der Waals surface area contributed by atoms with Crippen LogP contribution in [-0.4, -0.2) is 11.7 Å². The van der Waals surface area contributed by atoms with Crippen LogP contribution < -0.4 is 4.90 Å². The summed E-state index contributed by atoms with van der Waals surface area (Å²) in [6.45, 7) is 0. The van der Waals surface area contributed by atoms with Crippen LogP contribution in [0.15, 0.2) is 83.5 Å². The topological polar surface area (TPSA) is 32.7 Å². The van der Waals surface area contributed by atoms with Crippen LogP contribution in [0, 0.1) is 11.6 Å². The zero-order chi connectivity index (χ0) is 19.7. The molecule has 0 N–H and O–H groups in total. The molecule has 0 bridgehead atoms. The van der Waals surface area contributed by atoms with E-state index in [4.69, 9.17) is 11.6 Å². The van der Waals surface area contributed by atoms with Gasteiger partial charge in [-0.05, 0) is 48.5 Å². The van der Waals surface area contributed by atoms with Gasteiger partial charge in [0.05, 0.1) is 10.7 Å². The normalized spacial score (nSPS) is 15.2. The Labute approximate surface area is 165 Å². The minimum Gasteiger partial charge on any atom is -0.266 e. The summed E-state index contributed by atoms with van der Waals surface area (Å²) in [5.74, 6) is -1.04. The van der Waals surface area contributed by atoms with Gasteiger partial charge >= 0.3 is 0 Å². The molecule has 0 aromatic heterocycles. The SMILES string of the molecule is O=C1/C(=C\c2ccccc2F)N=C(c2ccccc2Cl)N1c1ccc(F)cc1. The molecule has 0 spiro atoms. The summed E-state index contributed by atoms with van der Waals surface area (Å²) in [7, 11) is 0. The van der Waals surface area contributed by atoms with Crippen LogP contribution >= 0.6 is 11.6 Å². The lowest BCUT2D eigenvalue weighted by molar-refractivity contribution is -0.113. The first-order valence-corrected chi connectivity index (χ1v) is 8.82. The summed E-state index contributed by atoms with van der Waals surface area (Å²) in [6, 6.07) is 18.5. The molecular weight excluding hydrogens is 382 g/mol. The zero-order valence-electron chi connectivity index (χ0n) is 14.4. The summed E-state index contributed by atoms with van der Waals surface area (Å²) in [6.07, 6.45) is 1.39. The lowest BCUT2D eigenvalue weighted by Crippen LogP contribution is -2.32. The van der Waals surface area contributed by atoms with Crippen molar-refractivity contribution in [2.45, 2.75) is 0 Å². The van der Waals surface area contributed by atoms with E-state index in [-0.39, 0.29) is 11.3 Å². The van der Waals surface area contributed by atoms with Crippen LogP contribution in [0.2, 0.25) is 5.02 Å². The molecule has 0 unspecified atom stereocenters. The molecule has 3 aromatic rings. The van der Waals surface area contributed by atoms with Crippen molar-refractivity contribution >= 4 is 35.1 Å². The van der Waals surface area contributed by atoms with E-state index >= 15 is 0 Å². The van der Waals surface area contributed by atoms with Gasteiger partial charge in [0, 0.05) is 11.1 Å². The summed E-state index contributed by atoms with van der Waals surface area (Å²) >= 11 is 6.30. The van der Waals surface area contributed by atoms with Crippen molar-refractivity contribution in [2.75, 3.05) is 4.90 Å². The molecule has 0 radical (unpaired) electrons. The van der Waals surface area contributed by atoms with E-state index in [1.54, 1.807) is 42.5 Å². The molecule has 0 aliphatic carbocycles. The molecule has 0 fully saturated rings. The number of amidine groups is 1. The van der Waals surface area contributed by atoms with E-state index in [2.05, 4.69) is 4.99 Å². The maximum absolute atomic E-state index is 14.0. The fraction of sp³-hybridized carbons (Fsp3) is 0. The lowest BCUT2D eigenvalue weighted by atomic mass is 10.1. The van der Waals surface area contributed by atoms with Crippen molar-refractivity contribution in [3.8, 4) is 0 Å². The van der Waals surface area contributed by atoms with Crippen molar-refractivity contribution in [3.05, 3.63) is 106 Å². The molecule has 1 aliphatic heterocycles. The molecule has 0 saturated heterocycles. The number of carbonyl (C=O) groups is 1. The van der Waals surface area contributed by atoms with Crippen LogP contribution in [-0.2, 0) is 4.79 Å². The Morgan fingerprint density at radius 3 is 2.29 bits per heavy atom. The molecule has 6 heteroatoms. The van der Waals surface area contributed by atoms with Crippen molar-refractivity contribution in [1.82, 2.24) is 0 Å². The monoisotopic (exact) mass is 394 g/mol. The predicted octanol–water partition coefficient (Wildman–Crippen LogP) is 5.45. The second kappa shape index (κ2) is 7.37. The summed E-state index contributed by atoms with van der Waals surface area (Å²) < 4.78 is 27.4. The maximum Gasteiger partial charge on any atom is 0.282 e. The Balaban J connectivity index is 1.87. The first-order valence-electron chi connectivity index (χ1n) is 8.44. The van der Waals surface area contributed by atoms with E-state index in [9.17, 15) is 13.6 Å². The maximum atomic E-state index is 14.0. The smallest absolute Gasteiger partial charge is 0.266 e. The molecule has 28 heavy (non-hydrogen) atoms. The largest absolute Gasteiger partial charge is 0.282 e. The standard InChI is InChI=1S/C22H13ClF2N2O/c23-18-7-3-2-6-17(18)21-26-20(13-14-5-1-4-8-19(14)25)22(28)27(21)16-11-9-15(24)10-12-16/h1-13H/b20-13+. The number of carbonyl (C=O) groups excluding carboxylic acids is 1. The lowest BCUT2D eigenvalue weighted by Gasteiger charge is -2.19. The molecule has 138 valence electrons. The number of amides is 1. The van der Waals surface area contributed by atoms with Gasteiger partial charge in [-0.2, -0.15) is 0 Å². The predicted molar refractivity (Wildman–Crippen MR) is 106 cm³/mol. The molecule has 0 saturated carbocycles. The molecule has 3 nitrogen and oxygen atoms in total. The van der Waals surface area contributed by atoms with Crippen molar-refractivity contribution in [1.29, 1.82) is 0 Å². The summed E-state index contributed by atoms with van der Waals surface area (Å²) in [5.41, 5.74) is 1.28. The Morgan fingerprint density at radius 1 is 0.893 bits per heavy atom. The third kappa shape index (κ3) is 3.32. The van der Waals surface area contributed by atoms with Gasteiger partial charge in [-0.25, -0.2) is 13.8 Å². The van der Waals surface area contributed by atoms with E-state index < -0.39 is 17.5 Å². The van der Waals surface area contributed by atoms with Crippen LogP contribution in [0.4, 0.5) is 14.5 Å². The van der Waals surface area contributed by atoms with E-state index in [1.165, 1.54) is 41.3 Å². The zero-order valence-corrected chi connectivity index (χ0v) is 15.2. The number of nitrogens with zero attached hydrogens (tertiary/aromatic N) is 2. The van der Waals surface area contributed by atoms with Crippen molar-refractivity contribution < 1.29 is 13.6 Å². The van der Waals surface area contributed by atoms with Gasteiger partial charge in [-0.15, -0.1) is 0 Å². The molecule has 1 aliphatic rings. The molecular formula is C22H13ClF2N2O. The number of aliphatic imine (C=N–C) groups is 1. The van der Waals surface area contributed by atoms with Gasteiger partial charge in [-0.1, -0.05) is 41.9 Å². The van der Waals surface area contributed by atoms with Gasteiger partial charge in [-0.3, -0.25) is 9.69 Å². The first-order chi connectivity index (χ1) is 13.5. The van der Waals surface area contributed by atoms with Gasteiger partial charge in [0.2, 0.25) is 0 Å². The highest BCUT2D eigenvalue weighted by molar-refractivity contribution is 6.39. The Kier molecular flexibility index (Phi) is 4.75. The Hall–Kier alpha value is -3.31. The molecule has 4 rings (SSSR count). The minimum absolute atomic E-state index is 0.0596. The fourth-order valence-electron chi connectivity index (χ4n) is 2.91. The average molecular weight is 395 g/mol. The van der Waals surface area contributed by atoms with Gasteiger partial charge in [0.15, 0.2) is 0 Å². The first kappa shape index (κ1) is 18.1. The molecule has 1 amide bonds. The van der Waals surface area contributed by atoms with Crippen LogP contribution in [0.1, 0.15) is 11.1 Å². The second-order valence-corrected chi connectivity index (χ2v) is 6.49. The number of rotatable bonds is 3. The molecule has 3 aromatic carbocycles. The summed E-state index contributed by atoms with van der Waals surface area (Å²) in [4.78, 5) is 18.9. The highest BCUT2D eigenvalue weighted by atomic mass is 35.5. The summed E-state index contributed by atoms with van der Waals surface area (Å²) in [5, 5.41) is 0.410. The number of hydrogen-bond donors (Lipinski definition) is 0. The minimum atomic E-state index is -0.461. The van der Waals surface area contributed by atoms with Crippen molar-refractivity contribution in [2.24, 2.45) is 4.99 Å². The second-order valence-electron chi connectivity index (χ2n) is 6.08. The average Bonchev–Trinajstić information content (AvgIpc) is 3.01. The molecule has 1 heterocycles. The van der Waals surface area contributed by atoms with Crippen LogP contribution in [0.3, 0.4) is 0 Å². The fourth-order valence-corrected chi connectivity index (χ4v) is 3.13. The third-order valence-electron chi connectivity index (χ3n) is 4.26. The Morgan fingerprint density at radius 2 is 1.57 bits per heavy atom. The highest BCUT2D eigenvalue weighted by Gasteiger charge is 2.33. The van der Waals surface area contributed by atoms with Gasteiger partial charge in [0.25, 0.3) is 5.91 Å². The number of halogens is 3. The highest BCUT2D eigenvalue weighted by Crippen LogP contribution is 2.30. The van der Waals surface area contributed by atoms with Gasteiger partial charge in [0.1, 0.15) is 23.2 Å².